The van der Waals surface area contributed by atoms with E-state index in [2.05, 4.69) is 27.7 Å². The topological polar surface area (TPSA) is 82.0 Å². The van der Waals surface area contributed by atoms with Gasteiger partial charge in [-0.3, -0.25) is 0 Å². The molecule has 0 bridgehead atoms. The Balaban J connectivity index is 1.23. The number of fused-ring (bicyclic) bond motifs is 1. The number of amides is 1. The summed E-state index contributed by atoms with van der Waals surface area (Å²) >= 11 is 0. The monoisotopic (exact) mass is 605 g/mol. The van der Waals surface area contributed by atoms with Gasteiger partial charge in [0.05, 0.1) is 11.0 Å². The van der Waals surface area contributed by atoms with Crippen LogP contribution in [0.2, 0.25) is 0 Å². The summed E-state index contributed by atoms with van der Waals surface area (Å²) in [5, 5.41) is 0. The van der Waals surface area contributed by atoms with Gasteiger partial charge in [-0.25, -0.2) is 9.78 Å². The van der Waals surface area contributed by atoms with Gasteiger partial charge in [0.2, 0.25) is 17.7 Å². The summed E-state index contributed by atoms with van der Waals surface area (Å²) < 4.78 is 20.0. The van der Waals surface area contributed by atoms with E-state index in [1.54, 1.807) is 4.90 Å². The lowest BCUT2D eigenvalue weighted by Gasteiger charge is -2.36. The van der Waals surface area contributed by atoms with E-state index < -0.39 is 5.60 Å². The van der Waals surface area contributed by atoms with Crippen molar-refractivity contribution < 1.29 is 19.0 Å². The molecule has 45 heavy (non-hydrogen) atoms. The molecule has 232 valence electrons. The smallest absolute Gasteiger partial charge is 0.410 e. The van der Waals surface area contributed by atoms with Crippen molar-refractivity contribution in [2.24, 2.45) is 7.05 Å². The molecule has 3 aromatic carbocycles. The number of ether oxygens (including phenoxy) is 3. The lowest BCUT2D eigenvalue weighted by atomic mass is 10.1. The molecule has 2 aromatic heterocycles. The molecule has 9 nitrogen and oxygen atoms in total. The number of anilines is 1. The number of imidazole rings is 1. The summed E-state index contributed by atoms with van der Waals surface area (Å²) in [7, 11) is 2.03. The summed E-state index contributed by atoms with van der Waals surface area (Å²) in [5.41, 5.74) is 5.31. The minimum Gasteiger partial charge on any atom is -0.473 e. The first-order valence-electron chi connectivity index (χ1n) is 15.3. The second-order valence-corrected chi connectivity index (χ2v) is 12.2. The van der Waals surface area contributed by atoms with Gasteiger partial charge in [-0.2, -0.15) is 4.98 Å². The van der Waals surface area contributed by atoms with Crippen molar-refractivity contribution in [3.05, 3.63) is 102 Å². The molecule has 1 aliphatic heterocycles. The largest absolute Gasteiger partial charge is 0.473 e. The van der Waals surface area contributed by atoms with Crippen molar-refractivity contribution in [3.8, 4) is 22.9 Å². The number of piperazine rings is 1. The number of carbonyl (C=O) groups excluding carboxylic acids is 1. The Hall–Kier alpha value is -5.05. The number of hydrogen-bond donors (Lipinski definition) is 0. The molecular weight excluding hydrogens is 566 g/mol. The van der Waals surface area contributed by atoms with Crippen LogP contribution in [0, 0.1) is 0 Å². The molecule has 1 fully saturated rings. The predicted molar refractivity (Wildman–Crippen MR) is 176 cm³/mol. The molecule has 1 amide bonds. The second-order valence-electron chi connectivity index (χ2n) is 12.2. The van der Waals surface area contributed by atoms with Crippen LogP contribution in [-0.2, 0) is 25.0 Å². The van der Waals surface area contributed by atoms with Gasteiger partial charge in [0.25, 0.3) is 0 Å². The molecule has 5 aromatic rings. The van der Waals surface area contributed by atoms with E-state index in [4.69, 9.17) is 24.2 Å². The Morgan fingerprint density at radius 3 is 2.07 bits per heavy atom. The van der Waals surface area contributed by atoms with E-state index in [1.807, 2.05) is 101 Å². The summed E-state index contributed by atoms with van der Waals surface area (Å²) in [4.78, 5) is 26.3. The van der Waals surface area contributed by atoms with Crippen LogP contribution >= 0.6 is 0 Å². The van der Waals surface area contributed by atoms with Crippen molar-refractivity contribution in [2.45, 2.75) is 39.6 Å². The minimum absolute atomic E-state index is 0.271. The van der Waals surface area contributed by atoms with Crippen molar-refractivity contribution in [3.63, 3.8) is 0 Å². The van der Waals surface area contributed by atoms with Crippen LogP contribution < -0.4 is 14.4 Å². The molecule has 0 spiro atoms. The first-order valence-corrected chi connectivity index (χ1v) is 15.3. The number of aryl methyl sites for hydroxylation is 1. The van der Waals surface area contributed by atoms with Crippen LogP contribution in [0.3, 0.4) is 0 Å². The third kappa shape index (κ3) is 7.20. The van der Waals surface area contributed by atoms with Gasteiger partial charge in [-0.05, 0) is 55.7 Å². The van der Waals surface area contributed by atoms with Gasteiger partial charge in [-0.15, -0.1) is 0 Å². The lowest BCUT2D eigenvalue weighted by molar-refractivity contribution is 0.0240. The fourth-order valence-electron chi connectivity index (χ4n) is 5.34. The van der Waals surface area contributed by atoms with Crippen LogP contribution in [0.15, 0.2) is 91.0 Å². The average molecular weight is 606 g/mol. The third-order valence-corrected chi connectivity index (χ3v) is 7.67. The Bertz CT molecular complexity index is 1760. The molecule has 1 aliphatic rings. The molecule has 0 unspecified atom stereocenters. The third-order valence-electron chi connectivity index (χ3n) is 7.67. The van der Waals surface area contributed by atoms with Gasteiger partial charge in [0.1, 0.15) is 18.8 Å². The lowest BCUT2D eigenvalue weighted by Crippen LogP contribution is -2.50. The highest BCUT2D eigenvalue weighted by Crippen LogP contribution is 2.34. The van der Waals surface area contributed by atoms with E-state index in [0.717, 1.165) is 39.2 Å². The quantitative estimate of drug-likeness (QED) is 0.191. The maximum absolute atomic E-state index is 12.6. The molecule has 0 aliphatic carbocycles. The standard InChI is InChI=1S/C36H39N5O4/c1-36(2,3)45-35(42)41-21-19-40(20-22-41)34-37-30-23-28(15-17-31(30)39(34)4)29-16-18-32(43-24-26-11-7-5-8-12-26)38-33(29)44-25-27-13-9-6-10-14-27/h5-18,23H,19-22,24-25H2,1-4H3. The Kier molecular flexibility index (Phi) is 8.60. The summed E-state index contributed by atoms with van der Waals surface area (Å²) in [5.74, 6) is 1.87. The molecular formula is C36H39N5O4. The van der Waals surface area contributed by atoms with E-state index >= 15 is 0 Å². The fraction of sp³-hybridized carbons (Fsp3) is 0.306. The Morgan fingerprint density at radius 2 is 1.42 bits per heavy atom. The van der Waals surface area contributed by atoms with Crippen molar-refractivity contribution in [1.82, 2.24) is 19.4 Å². The van der Waals surface area contributed by atoms with Crippen molar-refractivity contribution in [1.29, 1.82) is 0 Å². The minimum atomic E-state index is -0.513. The average Bonchev–Trinajstić information content (AvgIpc) is 3.38. The zero-order chi connectivity index (χ0) is 31.4. The second kappa shape index (κ2) is 12.9. The first kappa shape index (κ1) is 30.0. The van der Waals surface area contributed by atoms with Gasteiger partial charge in [0.15, 0.2) is 0 Å². The van der Waals surface area contributed by atoms with Crippen LogP contribution in [0.1, 0.15) is 31.9 Å². The van der Waals surface area contributed by atoms with E-state index in [0.29, 0.717) is 51.2 Å². The zero-order valence-electron chi connectivity index (χ0n) is 26.3. The molecule has 6 rings (SSSR count). The first-order chi connectivity index (χ1) is 21.7. The fourth-order valence-corrected chi connectivity index (χ4v) is 5.34. The summed E-state index contributed by atoms with van der Waals surface area (Å²) in [6, 6.07) is 30.2. The zero-order valence-corrected chi connectivity index (χ0v) is 26.3. The summed E-state index contributed by atoms with van der Waals surface area (Å²) in [6.45, 7) is 8.97. The maximum atomic E-state index is 12.6. The van der Waals surface area contributed by atoms with Crippen LogP contribution in [-0.4, -0.2) is 57.3 Å². The SMILES string of the molecule is Cn1c(N2CCN(C(=O)OC(C)(C)C)CC2)nc2cc(-c3ccc(OCc4ccccc4)nc3OCc3ccccc3)ccc21. The van der Waals surface area contributed by atoms with Gasteiger partial charge in [-0.1, -0.05) is 66.7 Å². The predicted octanol–water partition coefficient (Wildman–Crippen LogP) is 6.85. The molecule has 1 saturated heterocycles. The highest BCUT2D eigenvalue weighted by atomic mass is 16.6. The molecule has 3 heterocycles. The number of benzene rings is 3. The van der Waals surface area contributed by atoms with Crippen LogP contribution in [0.5, 0.6) is 11.8 Å². The van der Waals surface area contributed by atoms with E-state index in [-0.39, 0.29) is 6.09 Å². The Morgan fingerprint density at radius 1 is 0.778 bits per heavy atom. The van der Waals surface area contributed by atoms with Gasteiger partial charge in [0, 0.05) is 44.9 Å². The number of pyridine rings is 1. The van der Waals surface area contributed by atoms with Crippen molar-refractivity contribution in [2.75, 3.05) is 31.1 Å². The van der Waals surface area contributed by atoms with E-state index in [9.17, 15) is 4.79 Å². The highest BCUT2D eigenvalue weighted by molar-refractivity contribution is 5.85. The number of carbonyl (C=O) groups is 1. The van der Waals surface area contributed by atoms with Crippen molar-refractivity contribution >= 4 is 23.1 Å². The molecule has 0 N–H and O–H groups in total. The van der Waals surface area contributed by atoms with Crippen LogP contribution in [0.4, 0.5) is 10.7 Å². The summed E-state index contributed by atoms with van der Waals surface area (Å²) in [6.07, 6.45) is -0.271. The number of nitrogens with zero attached hydrogens (tertiary/aromatic N) is 5. The Labute approximate surface area is 264 Å². The molecule has 0 radical (unpaired) electrons. The molecule has 0 saturated carbocycles. The molecule has 0 atom stereocenters. The normalized spacial score (nSPS) is 13.6. The maximum Gasteiger partial charge on any atom is 0.410 e. The van der Waals surface area contributed by atoms with Gasteiger partial charge >= 0.3 is 6.09 Å². The van der Waals surface area contributed by atoms with Gasteiger partial charge < -0.3 is 28.6 Å². The molecule has 9 heteroatoms. The number of hydrogen-bond acceptors (Lipinski definition) is 7. The van der Waals surface area contributed by atoms with E-state index in [1.165, 1.54) is 0 Å². The number of aromatic nitrogens is 3. The van der Waals surface area contributed by atoms with Crippen LogP contribution in [0.25, 0.3) is 22.2 Å². The highest BCUT2D eigenvalue weighted by Gasteiger charge is 2.27. The number of rotatable bonds is 8.